The number of benzene rings is 4. The smallest absolute Gasteiger partial charge is 0.264 e. The van der Waals surface area contributed by atoms with Crippen LogP contribution >= 0.6 is 34.8 Å². The molecule has 0 bridgehead atoms. The van der Waals surface area contributed by atoms with Gasteiger partial charge in [-0.1, -0.05) is 96.3 Å². The van der Waals surface area contributed by atoms with Crippen molar-refractivity contribution in [2.75, 3.05) is 10.8 Å². The van der Waals surface area contributed by atoms with Crippen molar-refractivity contribution in [3.63, 3.8) is 0 Å². The van der Waals surface area contributed by atoms with Crippen LogP contribution in [-0.4, -0.2) is 43.8 Å². The second kappa shape index (κ2) is 15.6. The normalized spacial score (nSPS) is 12.6. The molecule has 0 heterocycles. The Morgan fingerprint density at radius 2 is 1.38 bits per heavy atom. The van der Waals surface area contributed by atoms with Crippen molar-refractivity contribution in [2.24, 2.45) is 0 Å². The molecule has 0 saturated heterocycles. The van der Waals surface area contributed by atoms with Crippen molar-refractivity contribution in [2.45, 2.75) is 50.2 Å². The van der Waals surface area contributed by atoms with E-state index in [-0.39, 0.29) is 35.5 Å². The van der Waals surface area contributed by atoms with Crippen molar-refractivity contribution in [1.82, 2.24) is 10.2 Å². The largest absolute Gasteiger partial charge is 0.352 e. The van der Waals surface area contributed by atoms with Gasteiger partial charge in [0.05, 0.1) is 10.6 Å². The number of amides is 2. The van der Waals surface area contributed by atoms with E-state index in [0.717, 1.165) is 9.87 Å². The molecule has 4 aromatic rings. The monoisotopic (exact) mass is 685 g/mol. The molecule has 0 aliphatic rings. The third-order valence-electron chi connectivity index (χ3n) is 7.39. The highest BCUT2D eigenvalue weighted by Crippen LogP contribution is 2.29. The Balaban J connectivity index is 1.83. The average Bonchev–Trinajstić information content (AvgIpc) is 3.04. The number of hydrogen-bond acceptors (Lipinski definition) is 4. The number of nitrogens with one attached hydrogen (secondary N) is 1. The average molecular weight is 687 g/mol. The number of hydrogen-bond donors (Lipinski definition) is 1. The summed E-state index contributed by atoms with van der Waals surface area (Å²) in [6, 6.07) is 27.1. The van der Waals surface area contributed by atoms with Crippen LogP contribution < -0.4 is 9.62 Å². The van der Waals surface area contributed by atoms with Crippen LogP contribution in [0.1, 0.15) is 31.4 Å². The summed E-state index contributed by atoms with van der Waals surface area (Å²) in [5.74, 6) is -1.01. The first-order valence-corrected chi connectivity index (χ1v) is 17.0. The SMILES string of the molecule is CC[C@H](C)NC(=O)[C@@H](Cc1ccccc1)N(Cc1c(Cl)cccc1Cl)C(=O)CN(c1ccc(Cl)cc1)S(=O)(=O)c1ccccc1. The van der Waals surface area contributed by atoms with E-state index in [4.69, 9.17) is 34.8 Å². The third kappa shape index (κ3) is 8.79. The molecule has 236 valence electrons. The Kier molecular flexibility index (Phi) is 11.9. The zero-order valence-electron chi connectivity index (χ0n) is 24.9. The molecule has 1 N–H and O–H groups in total. The summed E-state index contributed by atoms with van der Waals surface area (Å²) in [4.78, 5) is 29.8. The molecule has 7 nitrogen and oxygen atoms in total. The second-order valence-electron chi connectivity index (χ2n) is 10.5. The van der Waals surface area contributed by atoms with Gasteiger partial charge in [-0.2, -0.15) is 0 Å². The molecular weight excluding hydrogens is 653 g/mol. The van der Waals surface area contributed by atoms with Gasteiger partial charge in [0.15, 0.2) is 0 Å². The minimum atomic E-state index is -4.22. The molecule has 0 aromatic heterocycles. The Hall–Kier alpha value is -3.56. The van der Waals surface area contributed by atoms with Crippen molar-refractivity contribution >= 4 is 62.3 Å². The molecule has 0 unspecified atom stereocenters. The maximum Gasteiger partial charge on any atom is 0.264 e. The number of sulfonamides is 1. The van der Waals surface area contributed by atoms with E-state index in [1.807, 2.05) is 44.2 Å². The van der Waals surface area contributed by atoms with Gasteiger partial charge in [-0.3, -0.25) is 13.9 Å². The van der Waals surface area contributed by atoms with Crippen LogP contribution in [0.4, 0.5) is 5.69 Å². The Labute approximate surface area is 279 Å². The summed E-state index contributed by atoms with van der Waals surface area (Å²) in [5.41, 5.74) is 1.49. The van der Waals surface area contributed by atoms with Gasteiger partial charge in [-0.25, -0.2) is 8.42 Å². The quantitative estimate of drug-likeness (QED) is 0.159. The van der Waals surface area contributed by atoms with Crippen LogP contribution in [0.2, 0.25) is 15.1 Å². The van der Waals surface area contributed by atoms with Crippen molar-refractivity contribution in [1.29, 1.82) is 0 Å². The number of anilines is 1. The topological polar surface area (TPSA) is 86.8 Å². The molecule has 2 amide bonds. The Morgan fingerprint density at radius 3 is 1.96 bits per heavy atom. The molecule has 0 aliphatic heterocycles. The lowest BCUT2D eigenvalue weighted by molar-refractivity contribution is -0.140. The van der Waals surface area contributed by atoms with Crippen LogP contribution in [0, 0.1) is 0 Å². The standard InChI is InChI=1S/C34H34Cl3N3O4S/c1-3-24(2)38-34(42)32(21-25-11-6-4-7-12-25)39(22-29-30(36)15-10-16-31(29)37)33(41)23-40(27-19-17-26(35)18-20-27)45(43,44)28-13-8-5-9-14-28/h4-20,24,32H,3,21-23H2,1-2H3,(H,38,42)/t24-,32+/m0/s1. The molecule has 0 fully saturated rings. The zero-order valence-corrected chi connectivity index (χ0v) is 28.0. The molecule has 45 heavy (non-hydrogen) atoms. The van der Waals surface area contributed by atoms with Crippen molar-refractivity contribution in [3.05, 3.63) is 129 Å². The third-order valence-corrected chi connectivity index (χ3v) is 10.1. The molecule has 2 atom stereocenters. The second-order valence-corrected chi connectivity index (χ2v) is 13.7. The number of rotatable bonds is 13. The van der Waals surface area contributed by atoms with E-state index in [1.165, 1.54) is 29.2 Å². The van der Waals surface area contributed by atoms with Crippen LogP contribution in [0.25, 0.3) is 0 Å². The number of halogens is 3. The van der Waals surface area contributed by atoms with E-state index in [0.29, 0.717) is 27.1 Å². The van der Waals surface area contributed by atoms with Gasteiger partial charge >= 0.3 is 0 Å². The summed E-state index contributed by atoms with van der Waals surface area (Å²) in [6.07, 6.45) is 0.844. The highest BCUT2D eigenvalue weighted by atomic mass is 35.5. The highest BCUT2D eigenvalue weighted by Gasteiger charge is 2.35. The lowest BCUT2D eigenvalue weighted by atomic mass is 10.0. The maximum absolute atomic E-state index is 14.5. The first kappa shape index (κ1) is 34.3. The predicted octanol–water partition coefficient (Wildman–Crippen LogP) is 7.40. The van der Waals surface area contributed by atoms with E-state index in [9.17, 15) is 18.0 Å². The minimum Gasteiger partial charge on any atom is -0.352 e. The number of nitrogens with zero attached hydrogens (tertiary/aromatic N) is 2. The summed E-state index contributed by atoms with van der Waals surface area (Å²) < 4.78 is 29.1. The lowest BCUT2D eigenvalue weighted by Crippen LogP contribution is -2.54. The van der Waals surface area contributed by atoms with Crippen molar-refractivity contribution in [3.8, 4) is 0 Å². The molecule has 0 spiro atoms. The first-order valence-electron chi connectivity index (χ1n) is 14.4. The molecular formula is C34H34Cl3N3O4S. The molecule has 11 heteroatoms. The maximum atomic E-state index is 14.5. The Morgan fingerprint density at radius 1 is 0.800 bits per heavy atom. The number of carbonyl (C=O) groups excluding carboxylic acids is 2. The van der Waals surface area contributed by atoms with Crippen LogP contribution in [0.5, 0.6) is 0 Å². The van der Waals surface area contributed by atoms with Gasteiger partial charge in [0.25, 0.3) is 10.0 Å². The fourth-order valence-corrected chi connectivity index (χ4v) is 6.78. The van der Waals surface area contributed by atoms with Gasteiger partial charge in [0, 0.05) is 39.6 Å². The molecule has 0 aliphatic carbocycles. The molecule has 0 saturated carbocycles. The zero-order chi connectivity index (χ0) is 32.6. The summed E-state index contributed by atoms with van der Waals surface area (Å²) in [5, 5.41) is 4.03. The van der Waals surface area contributed by atoms with Crippen LogP contribution in [-0.2, 0) is 32.6 Å². The van der Waals surface area contributed by atoms with Gasteiger partial charge in [0.2, 0.25) is 11.8 Å². The van der Waals surface area contributed by atoms with Gasteiger partial charge < -0.3 is 10.2 Å². The van der Waals surface area contributed by atoms with E-state index in [2.05, 4.69) is 5.32 Å². The van der Waals surface area contributed by atoms with E-state index >= 15 is 0 Å². The molecule has 4 rings (SSSR count). The van der Waals surface area contributed by atoms with Gasteiger partial charge in [0.1, 0.15) is 12.6 Å². The highest BCUT2D eigenvalue weighted by molar-refractivity contribution is 7.92. The summed E-state index contributed by atoms with van der Waals surface area (Å²) in [6.45, 7) is 3.08. The lowest BCUT2D eigenvalue weighted by Gasteiger charge is -2.34. The van der Waals surface area contributed by atoms with E-state index < -0.39 is 28.5 Å². The fraction of sp³-hybridized carbons (Fsp3) is 0.235. The van der Waals surface area contributed by atoms with Crippen LogP contribution in [0.3, 0.4) is 0 Å². The predicted molar refractivity (Wildman–Crippen MR) is 181 cm³/mol. The molecule has 4 aromatic carbocycles. The van der Waals surface area contributed by atoms with E-state index in [1.54, 1.807) is 48.5 Å². The summed E-state index contributed by atoms with van der Waals surface area (Å²) in [7, 11) is -4.22. The minimum absolute atomic E-state index is 0.00352. The van der Waals surface area contributed by atoms with Gasteiger partial charge in [-0.15, -0.1) is 0 Å². The molecule has 0 radical (unpaired) electrons. The first-order chi connectivity index (χ1) is 21.5. The van der Waals surface area contributed by atoms with Crippen molar-refractivity contribution < 1.29 is 18.0 Å². The van der Waals surface area contributed by atoms with Crippen LogP contribution in [0.15, 0.2) is 108 Å². The fourth-order valence-electron chi connectivity index (χ4n) is 4.70. The Bertz CT molecular complexity index is 1690. The summed E-state index contributed by atoms with van der Waals surface area (Å²) >= 11 is 19.2. The van der Waals surface area contributed by atoms with Gasteiger partial charge in [-0.05, 0) is 67.4 Å². The number of carbonyl (C=O) groups is 2.